The highest BCUT2D eigenvalue weighted by molar-refractivity contribution is 7.90. The van der Waals surface area contributed by atoms with E-state index in [4.69, 9.17) is 5.73 Å². The van der Waals surface area contributed by atoms with Gasteiger partial charge in [-0.25, -0.2) is 26.5 Å². The van der Waals surface area contributed by atoms with E-state index in [-0.39, 0.29) is 17.6 Å². The fraction of sp³-hybridized carbons (Fsp3) is 0.333. The van der Waals surface area contributed by atoms with Crippen molar-refractivity contribution in [2.24, 2.45) is 10.7 Å². The van der Waals surface area contributed by atoms with Crippen molar-refractivity contribution < 1.29 is 17.2 Å². The van der Waals surface area contributed by atoms with Crippen LogP contribution in [-0.2, 0) is 15.6 Å². The van der Waals surface area contributed by atoms with Gasteiger partial charge in [-0.3, -0.25) is 4.68 Å². The molecule has 0 saturated carbocycles. The van der Waals surface area contributed by atoms with Crippen LogP contribution in [0.5, 0.6) is 0 Å². The number of halogens is 2. The Hall–Kier alpha value is -3.01. The van der Waals surface area contributed by atoms with Crippen molar-refractivity contribution in [3.63, 3.8) is 0 Å². The molecule has 31 heavy (non-hydrogen) atoms. The van der Waals surface area contributed by atoms with E-state index < -0.39 is 32.4 Å². The zero-order chi connectivity index (χ0) is 22.7. The Labute approximate surface area is 179 Å². The lowest BCUT2D eigenvalue weighted by atomic mass is 9.84. The molecule has 0 bridgehead atoms. The number of hydrogen-bond donors (Lipinski definition) is 1. The molecular formula is C21H23F2N5O2S. The zero-order valence-electron chi connectivity index (χ0n) is 17.5. The average Bonchev–Trinajstić information content (AvgIpc) is 3.11. The highest BCUT2D eigenvalue weighted by Gasteiger charge is 2.52. The van der Waals surface area contributed by atoms with Gasteiger partial charge in [-0.15, -0.1) is 0 Å². The Morgan fingerprint density at radius 3 is 2.55 bits per heavy atom. The second-order valence-electron chi connectivity index (χ2n) is 8.14. The van der Waals surface area contributed by atoms with Crippen LogP contribution in [0.1, 0.15) is 43.2 Å². The number of fused-ring (bicyclic) bond motifs is 1. The topological polar surface area (TPSA) is 93.6 Å². The highest BCUT2D eigenvalue weighted by atomic mass is 32.2. The predicted octanol–water partition coefficient (Wildman–Crippen LogP) is 3.44. The predicted molar refractivity (Wildman–Crippen MR) is 115 cm³/mol. The molecule has 1 aliphatic rings. The van der Waals surface area contributed by atoms with Crippen molar-refractivity contribution in [1.29, 1.82) is 0 Å². The van der Waals surface area contributed by atoms with Crippen LogP contribution in [0, 0.1) is 11.6 Å². The molecule has 2 atom stereocenters. The van der Waals surface area contributed by atoms with Gasteiger partial charge >= 0.3 is 0 Å². The van der Waals surface area contributed by atoms with Crippen molar-refractivity contribution in [3.8, 4) is 0 Å². The molecule has 1 aliphatic heterocycles. The Balaban J connectivity index is 2.00. The molecule has 0 amide bonds. The molecule has 4 rings (SSSR count). The van der Waals surface area contributed by atoms with E-state index in [9.17, 15) is 17.2 Å². The molecule has 3 aromatic rings. The Morgan fingerprint density at radius 2 is 1.87 bits per heavy atom. The van der Waals surface area contributed by atoms with Crippen molar-refractivity contribution >= 4 is 26.9 Å². The van der Waals surface area contributed by atoms with E-state index in [1.807, 2.05) is 18.5 Å². The first-order chi connectivity index (χ1) is 14.5. The van der Waals surface area contributed by atoms with E-state index in [1.165, 1.54) is 14.0 Å². The molecule has 164 valence electrons. The van der Waals surface area contributed by atoms with Crippen LogP contribution in [0.25, 0.3) is 10.9 Å². The maximum atomic E-state index is 14.8. The number of rotatable bonds is 3. The summed E-state index contributed by atoms with van der Waals surface area (Å²) in [6.45, 7) is 5.43. The van der Waals surface area contributed by atoms with E-state index in [0.717, 1.165) is 33.4 Å². The molecule has 0 fully saturated rings. The second kappa shape index (κ2) is 7.01. The summed E-state index contributed by atoms with van der Waals surface area (Å²) < 4.78 is 58.5. The van der Waals surface area contributed by atoms with Gasteiger partial charge in [0, 0.05) is 24.0 Å². The van der Waals surface area contributed by atoms with Crippen molar-refractivity contribution in [3.05, 3.63) is 65.4 Å². The van der Waals surface area contributed by atoms with Gasteiger partial charge < -0.3 is 5.73 Å². The Morgan fingerprint density at radius 1 is 1.16 bits per heavy atom. The lowest BCUT2D eigenvalue weighted by Gasteiger charge is -2.41. The highest BCUT2D eigenvalue weighted by Crippen LogP contribution is 2.48. The SMILES string of the molecule is CC(C)n1ncc2cc([C@@H]3[C@@](C)(c4cc(F)ccc4F)N=C(N)N(C)S3(=O)=O)ccc21. The molecule has 1 aromatic heterocycles. The fourth-order valence-corrected chi connectivity index (χ4v) is 6.04. The Kier molecular flexibility index (Phi) is 4.80. The molecule has 2 aromatic carbocycles. The molecule has 0 saturated heterocycles. The van der Waals surface area contributed by atoms with Gasteiger partial charge in [0.1, 0.15) is 22.4 Å². The van der Waals surface area contributed by atoms with Gasteiger partial charge in [0.15, 0.2) is 0 Å². The summed E-state index contributed by atoms with van der Waals surface area (Å²) >= 11 is 0. The molecule has 2 N–H and O–H groups in total. The maximum Gasteiger partial charge on any atom is 0.247 e. The minimum atomic E-state index is -4.11. The normalized spacial score (nSPS) is 23.4. The number of aromatic nitrogens is 2. The minimum absolute atomic E-state index is 0.115. The first kappa shape index (κ1) is 21.2. The number of sulfonamides is 1. The number of nitrogens with zero attached hydrogens (tertiary/aromatic N) is 4. The van der Waals surface area contributed by atoms with Gasteiger partial charge in [-0.05, 0) is 56.7 Å². The number of guanidine groups is 1. The summed E-state index contributed by atoms with van der Waals surface area (Å²) in [5.41, 5.74) is 5.23. The van der Waals surface area contributed by atoms with Crippen LogP contribution in [0.2, 0.25) is 0 Å². The summed E-state index contributed by atoms with van der Waals surface area (Å²) in [7, 11) is -2.82. The van der Waals surface area contributed by atoms with Crippen LogP contribution in [-0.4, -0.2) is 35.5 Å². The maximum absolute atomic E-state index is 14.8. The molecule has 0 unspecified atom stereocenters. The number of benzene rings is 2. The third kappa shape index (κ3) is 3.16. The molecule has 10 heteroatoms. The van der Waals surface area contributed by atoms with E-state index in [2.05, 4.69) is 10.1 Å². The third-order valence-electron chi connectivity index (χ3n) is 5.74. The molecule has 0 radical (unpaired) electrons. The summed E-state index contributed by atoms with van der Waals surface area (Å²) in [5.74, 6) is -1.76. The standard InChI is InChI=1S/C21H23F2N5O2S/c1-12(2)28-18-8-5-13(9-14(18)11-25-28)19-21(3,16-10-15(22)6-7-17(16)23)26-20(24)27(4)31(19,29)30/h5-12,19H,1-4H3,(H2,24,26)/t19-,21-/m1/s1. The summed E-state index contributed by atoms with van der Waals surface area (Å²) in [4.78, 5) is 4.35. The summed E-state index contributed by atoms with van der Waals surface area (Å²) in [6.07, 6.45) is 1.65. The lowest BCUT2D eigenvalue weighted by Crippen LogP contribution is -2.52. The third-order valence-corrected chi connectivity index (χ3v) is 8.02. The minimum Gasteiger partial charge on any atom is -0.369 e. The first-order valence-corrected chi connectivity index (χ1v) is 11.2. The van der Waals surface area contributed by atoms with Gasteiger partial charge in [-0.1, -0.05) is 6.07 Å². The quantitative estimate of drug-likeness (QED) is 0.666. The van der Waals surface area contributed by atoms with Gasteiger partial charge in [0.05, 0.1) is 11.7 Å². The number of hydrogen-bond acceptors (Lipinski definition) is 5. The van der Waals surface area contributed by atoms with E-state index >= 15 is 0 Å². The van der Waals surface area contributed by atoms with Crippen LogP contribution < -0.4 is 5.73 Å². The smallest absolute Gasteiger partial charge is 0.247 e. The zero-order valence-corrected chi connectivity index (χ0v) is 18.4. The van der Waals surface area contributed by atoms with Crippen LogP contribution >= 0.6 is 0 Å². The van der Waals surface area contributed by atoms with Crippen molar-refractivity contribution in [1.82, 2.24) is 14.1 Å². The molecule has 0 aliphatic carbocycles. The van der Waals surface area contributed by atoms with Crippen LogP contribution in [0.15, 0.2) is 47.6 Å². The Bertz CT molecular complexity index is 1320. The first-order valence-electron chi connectivity index (χ1n) is 9.72. The number of nitrogens with two attached hydrogens (primary N) is 1. The van der Waals surface area contributed by atoms with Crippen molar-refractivity contribution in [2.75, 3.05) is 7.05 Å². The van der Waals surface area contributed by atoms with Crippen LogP contribution in [0.4, 0.5) is 8.78 Å². The van der Waals surface area contributed by atoms with Gasteiger partial charge in [-0.2, -0.15) is 5.10 Å². The lowest BCUT2D eigenvalue weighted by molar-refractivity contribution is 0.396. The summed E-state index contributed by atoms with van der Waals surface area (Å²) in [5, 5.41) is 3.76. The number of aliphatic imine (C=N–C) groups is 1. The van der Waals surface area contributed by atoms with Crippen LogP contribution in [0.3, 0.4) is 0 Å². The second-order valence-corrected chi connectivity index (χ2v) is 10.2. The fourth-order valence-electron chi connectivity index (χ4n) is 4.18. The largest absolute Gasteiger partial charge is 0.369 e. The molecule has 0 spiro atoms. The van der Waals surface area contributed by atoms with Crippen molar-refractivity contribution in [2.45, 2.75) is 37.6 Å². The van der Waals surface area contributed by atoms with E-state index in [0.29, 0.717) is 5.56 Å². The van der Waals surface area contributed by atoms with Gasteiger partial charge in [0.25, 0.3) is 0 Å². The van der Waals surface area contributed by atoms with Gasteiger partial charge in [0.2, 0.25) is 16.0 Å². The monoisotopic (exact) mass is 447 g/mol. The molecule has 7 nitrogen and oxygen atoms in total. The summed E-state index contributed by atoms with van der Waals surface area (Å²) in [6, 6.07) is 8.14. The molecule has 2 heterocycles. The molecular weight excluding hydrogens is 424 g/mol. The average molecular weight is 448 g/mol. The van der Waals surface area contributed by atoms with E-state index in [1.54, 1.807) is 24.4 Å².